The topological polar surface area (TPSA) is 6.48 Å². The molecule has 0 radical (unpaired) electrons. The highest BCUT2D eigenvalue weighted by Crippen LogP contribution is 2.42. The van der Waals surface area contributed by atoms with Crippen molar-refractivity contribution in [3.63, 3.8) is 0 Å². The monoisotopic (exact) mass is 1100 g/mol. The smallest absolute Gasteiger partial charge is 0.0462 e. The van der Waals surface area contributed by atoms with Crippen molar-refractivity contribution < 1.29 is 0 Å². The average molecular weight is 1100 g/mol. The van der Waals surface area contributed by atoms with Gasteiger partial charge in [0.05, 0.1) is 0 Å². The lowest BCUT2D eigenvalue weighted by Crippen LogP contribution is -2.10. The Morgan fingerprint density at radius 2 is 0.233 bits per heavy atom. The maximum absolute atomic E-state index is 2.36. The first kappa shape index (κ1) is 52.7. The summed E-state index contributed by atoms with van der Waals surface area (Å²) in [4.78, 5) is 4.70. The van der Waals surface area contributed by atoms with Gasteiger partial charge in [-0.25, -0.2) is 0 Å². The molecule has 0 aromatic heterocycles. The van der Waals surface area contributed by atoms with Gasteiger partial charge in [-0.3, -0.25) is 0 Å². The summed E-state index contributed by atoms with van der Waals surface area (Å²) in [5.41, 5.74) is 27.8. The standard InChI is InChI=1S/C84H60N2/c1-5-17-61(18-6-1)65-33-45-79(46-34-65)85(80-47-35-66(36-48-80)62-19-7-2-8-20-62)81-49-37-67(38-50-81)68-39-51-82(52-40-68)86(83-53-41-69(42-54-83)73-27-15-31-77(59-73)75-29-13-25-71(57-75)63-21-9-3-10-22-63)84-55-43-70(44-56-84)74-28-16-32-78(60-74)76-30-14-26-72(58-76)64-23-11-4-12-24-64/h1-60H. The minimum atomic E-state index is 1.07. The summed E-state index contributed by atoms with van der Waals surface area (Å²) in [5, 5.41) is 0. The number of rotatable bonds is 15. The van der Waals surface area contributed by atoms with Crippen molar-refractivity contribution in [2.45, 2.75) is 0 Å². The summed E-state index contributed by atoms with van der Waals surface area (Å²) in [7, 11) is 0. The molecule has 0 aliphatic rings. The van der Waals surface area contributed by atoms with E-state index in [0.29, 0.717) is 0 Å². The highest BCUT2D eigenvalue weighted by molar-refractivity contribution is 5.86. The van der Waals surface area contributed by atoms with Gasteiger partial charge in [-0.05, 0) is 197 Å². The van der Waals surface area contributed by atoms with E-state index in [1.807, 2.05) is 0 Å². The van der Waals surface area contributed by atoms with E-state index in [4.69, 9.17) is 0 Å². The van der Waals surface area contributed by atoms with Gasteiger partial charge in [-0.2, -0.15) is 0 Å². The molecule has 0 atom stereocenters. The van der Waals surface area contributed by atoms with Crippen LogP contribution in [-0.2, 0) is 0 Å². The molecule has 0 unspecified atom stereocenters. The predicted molar refractivity (Wildman–Crippen MR) is 365 cm³/mol. The van der Waals surface area contributed by atoms with Crippen molar-refractivity contribution in [2.75, 3.05) is 9.80 Å². The molecule has 86 heavy (non-hydrogen) atoms. The van der Waals surface area contributed by atoms with Gasteiger partial charge >= 0.3 is 0 Å². The van der Waals surface area contributed by atoms with Gasteiger partial charge in [0.25, 0.3) is 0 Å². The zero-order valence-electron chi connectivity index (χ0n) is 47.5. The second kappa shape index (κ2) is 24.3. The molecular weight excluding hydrogens is 1040 g/mol. The van der Waals surface area contributed by atoms with Crippen LogP contribution in [0, 0.1) is 0 Å². The van der Waals surface area contributed by atoms with E-state index in [1.165, 1.54) is 77.9 Å². The lowest BCUT2D eigenvalue weighted by Gasteiger charge is -2.27. The van der Waals surface area contributed by atoms with Crippen LogP contribution >= 0.6 is 0 Å². The van der Waals surface area contributed by atoms with Crippen LogP contribution in [0.1, 0.15) is 0 Å². The Labute approximate surface area is 505 Å². The highest BCUT2D eigenvalue weighted by atomic mass is 15.1. The molecule has 0 N–H and O–H groups in total. The first-order valence-corrected chi connectivity index (χ1v) is 29.4. The summed E-state index contributed by atoms with van der Waals surface area (Å²) in [6.07, 6.45) is 0. The summed E-state index contributed by atoms with van der Waals surface area (Å²) >= 11 is 0. The molecule has 0 fully saturated rings. The number of hydrogen-bond acceptors (Lipinski definition) is 2. The molecule has 2 heteroatoms. The number of hydrogen-bond donors (Lipinski definition) is 0. The molecule has 406 valence electrons. The van der Waals surface area contributed by atoms with Gasteiger partial charge in [0, 0.05) is 34.1 Å². The molecule has 0 heterocycles. The van der Waals surface area contributed by atoms with E-state index in [0.717, 1.165) is 56.4 Å². The second-order valence-electron chi connectivity index (χ2n) is 21.7. The van der Waals surface area contributed by atoms with Crippen LogP contribution in [0.3, 0.4) is 0 Å². The van der Waals surface area contributed by atoms with E-state index < -0.39 is 0 Å². The van der Waals surface area contributed by atoms with Crippen LogP contribution in [0.2, 0.25) is 0 Å². The molecule has 0 amide bonds. The predicted octanol–water partition coefficient (Wildman–Crippen LogP) is 23.6. The molecule has 0 saturated heterocycles. The van der Waals surface area contributed by atoms with E-state index in [-0.39, 0.29) is 0 Å². The Hall–Kier alpha value is -11.3. The summed E-state index contributed by atoms with van der Waals surface area (Å²) in [6, 6.07) is 132. The fourth-order valence-electron chi connectivity index (χ4n) is 11.7. The minimum absolute atomic E-state index is 1.07. The molecular formula is C84H60N2. The van der Waals surface area contributed by atoms with Gasteiger partial charge in [0.1, 0.15) is 0 Å². The van der Waals surface area contributed by atoms with Crippen LogP contribution in [0.15, 0.2) is 364 Å². The third-order valence-corrected chi connectivity index (χ3v) is 16.3. The molecule has 0 aliphatic carbocycles. The van der Waals surface area contributed by atoms with Crippen LogP contribution in [0.4, 0.5) is 34.1 Å². The van der Waals surface area contributed by atoms with Crippen LogP contribution in [0.5, 0.6) is 0 Å². The lowest BCUT2D eigenvalue weighted by molar-refractivity contribution is 1.28. The quantitative estimate of drug-likeness (QED) is 0.101. The van der Waals surface area contributed by atoms with Crippen LogP contribution < -0.4 is 9.80 Å². The summed E-state index contributed by atoms with van der Waals surface area (Å²) in [6.45, 7) is 0. The van der Waals surface area contributed by atoms with Gasteiger partial charge in [0.15, 0.2) is 0 Å². The van der Waals surface area contributed by atoms with Gasteiger partial charge in [-0.1, -0.05) is 267 Å². The maximum Gasteiger partial charge on any atom is 0.0462 e. The molecule has 0 aliphatic heterocycles. The minimum Gasteiger partial charge on any atom is -0.311 e. The van der Waals surface area contributed by atoms with Gasteiger partial charge in [0.2, 0.25) is 0 Å². The Morgan fingerprint density at radius 1 is 0.105 bits per heavy atom. The number of benzene rings is 14. The lowest BCUT2D eigenvalue weighted by atomic mass is 9.96. The Kier molecular flexibility index (Phi) is 14.9. The van der Waals surface area contributed by atoms with E-state index in [1.54, 1.807) is 0 Å². The van der Waals surface area contributed by atoms with Crippen molar-refractivity contribution in [3.8, 4) is 100 Å². The summed E-state index contributed by atoms with van der Waals surface area (Å²) in [5.74, 6) is 0. The zero-order chi connectivity index (χ0) is 57.4. The first-order valence-electron chi connectivity index (χ1n) is 29.4. The van der Waals surface area contributed by atoms with E-state index in [9.17, 15) is 0 Å². The SMILES string of the molecule is c1ccc(-c2ccc(N(c3ccc(-c4ccccc4)cc3)c3ccc(-c4ccc(N(c5ccc(-c6cccc(-c7cccc(-c8ccccc8)c7)c6)cc5)c5ccc(-c6cccc(-c7cccc(-c8ccccc8)c7)c6)cc5)cc4)cc3)cc2)cc1. The third-order valence-electron chi connectivity index (χ3n) is 16.3. The molecule has 14 aromatic carbocycles. The van der Waals surface area contributed by atoms with E-state index in [2.05, 4.69) is 374 Å². The Morgan fingerprint density at radius 3 is 0.419 bits per heavy atom. The second-order valence-corrected chi connectivity index (χ2v) is 21.7. The van der Waals surface area contributed by atoms with Crippen molar-refractivity contribution in [3.05, 3.63) is 364 Å². The van der Waals surface area contributed by atoms with Crippen LogP contribution in [-0.4, -0.2) is 0 Å². The molecule has 14 aromatic rings. The fraction of sp³-hybridized carbons (Fsp3) is 0. The van der Waals surface area contributed by atoms with Gasteiger partial charge < -0.3 is 9.80 Å². The fourth-order valence-corrected chi connectivity index (χ4v) is 11.7. The molecule has 0 spiro atoms. The average Bonchev–Trinajstić information content (AvgIpc) is 3.76. The number of anilines is 6. The largest absolute Gasteiger partial charge is 0.311 e. The third kappa shape index (κ3) is 11.4. The molecule has 0 saturated carbocycles. The molecule has 2 nitrogen and oxygen atoms in total. The summed E-state index contributed by atoms with van der Waals surface area (Å²) < 4.78 is 0. The van der Waals surface area contributed by atoms with Crippen molar-refractivity contribution in [2.24, 2.45) is 0 Å². The zero-order valence-corrected chi connectivity index (χ0v) is 47.5. The Balaban J connectivity index is 0.775. The maximum atomic E-state index is 2.36. The van der Waals surface area contributed by atoms with Crippen LogP contribution in [0.25, 0.3) is 100 Å². The van der Waals surface area contributed by atoms with Gasteiger partial charge in [-0.15, -0.1) is 0 Å². The Bertz CT molecular complexity index is 4290. The molecule has 0 bridgehead atoms. The van der Waals surface area contributed by atoms with Crippen molar-refractivity contribution >= 4 is 34.1 Å². The van der Waals surface area contributed by atoms with Crippen molar-refractivity contribution in [1.29, 1.82) is 0 Å². The normalized spacial score (nSPS) is 11.0. The van der Waals surface area contributed by atoms with Crippen molar-refractivity contribution in [1.82, 2.24) is 0 Å². The molecule has 14 rings (SSSR count). The first-order chi connectivity index (χ1) is 42.6. The highest BCUT2D eigenvalue weighted by Gasteiger charge is 2.17. The van der Waals surface area contributed by atoms with E-state index >= 15 is 0 Å². The number of nitrogens with zero attached hydrogens (tertiary/aromatic N) is 2.